The molecule has 0 aliphatic heterocycles. The highest BCUT2D eigenvalue weighted by atomic mass is 16.5. The Morgan fingerprint density at radius 1 is 1.05 bits per heavy atom. The average Bonchev–Trinajstić information content (AvgIpc) is 2.46. The summed E-state index contributed by atoms with van der Waals surface area (Å²) in [5, 5.41) is 8.81. The summed E-state index contributed by atoms with van der Waals surface area (Å²) in [5.41, 5.74) is 1.58. The number of carbonyl (C=O) groups excluding carboxylic acids is 1. The quantitative estimate of drug-likeness (QED) is 0.661. The van der Waals surface area contributed by atoms with Crippen LogP contribution in [0.4, 0.5) is 0 Å². The molecule has 0 amide bonds. The molecule has 0 spiro atoms. The first kappa shape index (κ1) is 13.3. The molecule has 0 aliphatic carbocycles. The second-order valence-electron chi connectivity index (χ2n) is 4.23. The summed E-state index contributed by atoms with van der Waals surface area (Å²) >= 11 is 0. The van der Waals surface area contributed by atoms with Crippen LogP contribution in [0.25, 0.3) is 0 Å². The second kappa shape index (κ2) is 6.71. The van der Waals surface area contributed by atoms with Crippen LogP contribution in [0, 0.1) is 0 Å². The number of carbonyl (C=O) groups is 1. The van der Waals surface area contributed by atoms with Crippen molar-refractivity contribution in [2.75, 3.05) is 6.61 Å². The molecule has 0 aromatic heterocycles. The summed E-state index contributed by atoms with van der Waals surface area (Å²) in [6.07, 6.45) is 1.48. The summed E-state index contributed by atoms with van der Waals surface area (Å²) in [6.45, 7) is 0.161. The minimum atomic E-state index is -0.361. The van der Waals surface area contributed by atoms with Crippen molar-refractivity contribution < 1.29 is 14.6 Å². The number of hydrogen-bond acceptors (Lipinski definition) is 3. The lowest BCUT2D eigenvalue weighted by Gasteiger charge is -2.06. The lowest BCUT2D eigenvalue weighted by atomic mass is 10.1. The van der Waals surface area contributed by atoms with Gasteiger partial charge in [0.2, 0.25) is 0 Å². The predicted molar refractivity (Wildman–Crippen MR) is 73.2 cm³/mol. The molecule has 0 saturated heterocycles. The van der Waals surface area contributed by atoms with E-state index in [1.54, 1.807) is 30.3 Å². The van der Waals surface area contributed by atoms with Gasteiger partial charge in [0.1, 0.15) is 5.75 Å². The number of aliphatic hydroxyl groups is 1. The van der Waals surface area contributed by atoms with Crippen molar-refractivity contribution >= 4 is 5.97 Å². The molecule has 3 nitrogen and oxygen atoms in total. The van der Waals surface area contributed by atoms with Gasteiger partial charge in [0, 0.05) is 6.61 Å². The third-order valence-corrected chi connectivity index (χ3v) is 2.74. The summed E-state index contributed by atoms with van der Waals surface area (Å²) in [4.78, 5) is 11.9. The van der Waals surface area contributed by atoms with Gasteiger partial charge in [0.25, 0.3) is 0 Å². The van der Waals surface area contributed by atoms with Gasteiger partial charge in [-0.05, 0) is 42.7 Å². The Morgan fingerprint density at radius 2 is 1.84 bits per heavy atom. The van der Waals surface area contributed by atoms with Crippen molar-refractivity contribution in [1.29, 1.82) is 0 Å². The molecule has 0 bridgehead atoms. The van der Waals surface area contributed by atoms with E-state index in [4.69, 9.17) is 9.84 Å². The Bertz CT molecular complexity index is 535. The van der Waals surface area contributed by atoms with Crippen LogP contribution in [-0.2, 0) is 6.42 Å². The number of benzene rings is 2. The molecule has 0 fully saturated rings. The van der Waals surface area contributed by atoms with Crippen molar-refractivity contribution in [2.45, 2.75) is 12.8 Å². The normalized spacial score (nSPS) is 10.2. The molecule has 0 saturated carbocycles. The molecule has 1 N–H and O–H groups in total. The Kier molecular flexibility index (Phi) is 4.70. The van der Waals surface area contributed by atoms with Crippen LogP contribution in [0.5, 0.6) is 5.75 Å². The maximum Gasteiger partial charge on any atom is 0.343 e. The minimum Gasteiger partial charge on any atom is -0.423 e. The standard InChI is InChI=1S/C16H16O3/c17-11-5-7-13-6-4-10-15(12-13)19-16(18)14-8-2-1-3-9-14/h1-4,6,8-10,12,17H,5,7,11H2. The SMILES string of the molecule is O=C(Oc1cccc(CCCO)c1)c1ccccc1. The van der Waals surface area contributed by atoms with Gasteiger partial charge in [0.15, 0.2) is 0 Å². The zero-order chi connectivity index (χ0) is 13.5. The van der Waals surface area contributed by atoms with Gasteiger partial charge in [-0.1, -0.05) is 30.3 Å². The third kappa shape index (κ3) is 3.93. The summed E-state index contributed by atoms with van der Waals surface area (Å²) < 4.78 is 5.32. The number of rotatable bonds is 5. The van der Waals surface area contributed by atoms with Crippen LogP contribution >= 0.6 is 0 Å². The van der Waals surface area contributed by atoms with Crippen LogP contribution < -0.4 is 4.74 Å². The molecule has 3 heteroatoms. The Labute approximate surface area is 112 Å². The number of ether oxygens (including phenoxy) is 1. The highest BCUT2D eigenvalue weighted by Gasteiger charge is 2.07. The van der Waals surface area contributed by atoms with E-state index in [9.17, 15) is 4.79 Å². The molecular weight excluding hydrogens is 240 g/mol. The highest BCUT2D eigenvalue weighted by Crippen LogP contribution is 2.16. The van der Waals surface area contributed by atoms with Crippen molar-refractivity contribution in [3.63, 3.8) is 0 Å². The van der Waals surface area contributed by atoms with E-state index in [0.717, 1.165) is 12.0 Å². The van der Waals surface area contributed by atoms with Crippen molar-refractivity contribution in [1.82, 2.24) is 0 Å². The summed E-state index contributed by atoms with van der Waals surface area (Å²) in [6, 6.07) is 16.3. The number of esters is 1. The van der Waals surface area contributed by atoms with Crippen LogP contribution in [0.3, 0.4) is 0 Å². The van der Waals surface area contributed by atoms with Crippen molar-refractivity contribution in [2.24, 2.45) is 0 Å². The topological polar surface area (TPSA) is 46.5 Å². The molecule has 0 radical (unpaired) electrons. The molecule has 2 aromatic carbocycles. The molecule has 98 valence electrons. The van der Waals surface area contributed by atoms with Gasteiger partial charge in [-0.15, -0.1) is 0 Å². The highest BCUT2D eigenvalue weighted by molar-refractivity contribution is 5.90. The molecule has 2 aromatic rings. The van der Waals surface area contributed by atoms with Gasteiger partial charge in [-0.25, -0.2) is 4.79 Å². The van der Waals surface area contributed by atoms with Crippen molar-refractivity contribution in [3.8, 4) is 5.75 Å². The first-order valence-corrected chi connectivity index (χ1v) is 6.26. The number of aliphatic hydroxyl groups excluding tert-OH is 1. The molecular formula is C16H16O3. The average molecular weight is 256 g/mol. The molecule has 2 rings (SSSR count). The van der Waals surface area contributed by atoms with Crippen LogP contribution in [-0.4, -0.2) is 17.7 Å². The van der Waals surface area contributed by atoms with Crippen molar-refractivity contribution in [3.05, 3.63) is 65.7 Å². The predicted octanol–water partition coefficient (Wildman–Crippen LogP) is 2.83. The van der Waals surface area contributed by atoms with E-state index < -0.39 is 0 Å². The van der Waals surface area contributed by atoms with Crippen LogP contribution in [0.2, 0.25) is 0 Å². The zero-order valence-electron chi connectivity index (χ0n) is 10.6. The fraction of sp³-hybridized carbons (Fsp3) is 0.188. The molecule has 0 heterocycles. The van der Waals surface area contributed by atoms with Gasteiger partial charge in [-0.3, -0.25) is 0 Å². The smallest absolute Gasteiger partial charge is 0.343 e. The zero-order valence-corrected chi connectivity index (χ0v) is 10.6. The van der Waals surface area contributed by atoms with Gasteiger partial charge >= 0.3 is 5.97 Å². The fourth-order valence-corrected chi connectivity index (χ4v) is 1.79. The Hall–Kier alpha value is -2.13. The van der Waals surface area contributed by atoms with E-state index in [1.165, 1.54) is 0 Å². The number of aryl methyl sites for hydroxylation is 1. The van der Waals surface area contributed by atoms with E-state index in [0.29, 0.717) is 17.7 Å². The van der Waals surface area contributed by atoms with E-state index in [-0.39, 0.29) is 12.6 Å². The fourth-order valence-electron chi connectivity index (χ4n) is 1.79. The maximum atomic E-state index is 11.9. The largest absolute Gasteiger partial charge is 0.423 e. The van der Waals surface area contributed by atoms with Gasteiger partial charge < -0.3 is 9.84 Å². The first-order chi connectivity index (χ1) is 9.29. The lowest BCUT2D eigenvalue weighted by molar-refractivity contribution is 0.0734. The molecule has 0 aliphatic rings. The lowest BCUT2D eigenvalue weighted by Crippen LogP contribution is -2.08. The van der Waals surface area contributed by atoms with Crippen LogP contribution in [0.15, 0.2) is 54.6 Å². The molecule has 0 atom stereocenters. The maximum absolute atomic E-state index is 11.9. The Morgan fingerprint density at radius 3 is 2.58 bits per heavy atom. The second-order valence-corrected chi connectivity index (χ2v) is 4.23. The minimum absolute atomic E-state index is 0.161. The monoisotopic (exact) mass is 256 g/mol. The van der Waals surface area contributed by atoms with Gasteiger partial charge in [-0.2, -0.15) is 0 Å². The number of hydrogen-bond donors (Lipinski definition) is 1. The summed E-state index contributed by atoms with van der Waals surface area (Å²) in [7, 11) is 0. The van der Waals surface area contributed by atoms with E-state index in [1.807, 2.05) is 24.3 Å². The summed E-state index contributed by atoms with van der Waals surface area (Å²) in [5.74, 6) is 0.171. The molecule has 0 unspecified atom stereocenters. The van der Waals surface area contributed by atoms with Gasteiger partial charge in [0.05, 0.1) is 5.56 Å². The third-order valence-electron chi connectivity index (χ3n) is 2.74. The molecule has 19 heavy (non-hydrogen) atoms. The van der Waals surface area contributed by atoms with Crippen LogP contribution in [0.1, 0.15) is 22.3 Å². The Balaban J connectivity index is 2.05. The van der Waals surface area contributed by atoms with E-state index >= 15 is 0 Å². The first-order valence-electron chi connectivity index (χ1n) is 6.26. The van der Waals surface area contributed by atoms with E-state index in [2.05, 4.69) is 0 Å².